The normalized spacial score (nSPS) is 15.2. The summed E-state index contributed by atoms with van der Waals surface area (Å²) < 4.78 is 5.34. The van der Waals surface area contributed by atoms with E-state index in [2.05, 4.69) is 25.2 Å². The molecule has 0 aromatic heterocycles. The molecule has 1 heterocycles. The third kappa shape index (κ3) is 3.68. The van der Waals surface area contributed by atoms with Gasteiger partial charge in [-0.15, -0.1) is 0 Å². The lowest BCUT2D eigenvalue weighted by Gasteiger charge is -2.29. The van der Waals surface area contributed by atoms with Crippen LogP contribution in [0.4, 0.5) is 0 Å². The summed E-state index contributed by atoms with van der Waals surface area (Å²) in [6.45, 7) is 7.08. The van der Waals surface area contributed by atoms with Crippen molar-refractivity contribution >= 4 is 24.4 Å². The van der Waals surface area contributed by atoms with E-state index in [-0.39, 0.29) is 12.5 Å². The first-order chi connectivity index (χ1) is 12.0. The van der Waals surface area contributed by atoms with Gasteiger partial charge < -0.3 is 14.7 Å². The summed E-state index contributed by atoms with van der Waals surface area (Å²) in [5, 5.41) is 12.1. The molecule has 5 heteroatoms. The number of aliphatic hydroxyl groups is 1. The average molecular weight is 356 g/mol. The molecule has 0 radical (unpaired) electrons. The van der Waals surface area contributed by atoms with Crippen LogP contribution in [-0.2, 0) is 11.3 Å². The molecule has 2 aromatic carbocycles. The molecule has 3 rings (SSSR count). The fourth-order valence-electron chi connectivity index (χ4n) is 3.41. The molecular formula is C20H25NO3Si. The molecule has 1 saturated heterocycles. The van der Waals surface area contributed by atoms with E-state index in [0.29, 0.717) is 26.3 Å². The second-order valence-electron chi connectivity index (χ2n) is 6.93. The molecule has 4 nitrogen and oxygen atoms in total. The molecule has 2 aromatic rings. The fraction of sp³-hybridized carbons (Fsp3) is 0.350. The van der Waals surface area contributed by atoms with Crippen molar-refractivity contribution in [1.29, 1.82) is 0 Å². The molecule has 0 saturated carbocycles. The molecule has 1 amide bonds. The van der Waals surface area contributed by atoms with Gasteiger partial charge in [-0.05, 0) is 22.9 Å². The van der Waals surface area contributed by atoms with Crippen LogP contribution in [0, 0.1) is 0 Å². The number of carbonyl (C=O) groups excluding carboxylic acids is 1. The highest BCUT2D eigenvalue weighted by Crippen LogP contribution is 2.12. The molecule has 0 unspecified atom stereocenters. The summed E-state index contributed by atoms with van der Waals surface area (Å²) in [6.07, 6.45) is 0. The Hall–Kier alpha value is -1.95. The van der Waals surface area contributed by atoms with Gasteiger partial charge in [-0.2, -0.15) is 0 Å². The fourth-order valence-corrected chi connectivity index (χ4v) is 6.23. The van der Waals surface area contributed by atoms with E-state index in [4.69, 9.17) is 4.74 Å². The van der Waals surface area contributed by atoms with Crippen LogP contribution >= 0.6 is 0 Å². The number of carbonyl (C=O) groups is 1. The number of ether oxygens (including phenoxy) is 1. The van der Waals surface area contributed by atoms with Crippen LogP contribution in [0.2, 0.25) is 13.1 Å². The van der Waals surface area contributed by atoms with Gasteiger partial charge in [0.05, 0.1) is 19.8 Å². The summed E-state index contributed by atoms with van der Waals surface area (Å²) in [6, 6.07) is 16.1. The highest BCUT2D eigenvalue weighted by Gasteiger charge is 2.29. The lowest BCUT2D eigenvalue weighted by Crippen LogP contribution is -2.54. The summed E-state index contributed by atoms with van der Waals surface area (Å²) >= 11 is 0. The Kier molecular flexibility index (Phi) is 5.37. The van der Waals surface area contributed by atoms with Crippen molar-refractivity contribution in [3.63, 3.8) is 0 Å². The Balaban J connectivity index is 1.93. The van der Waals surface area contributed by atoms with Crippen LogP contribution in [0.5, 0.6) is 0 Å². The number of benzene rings is 2. The number of hydrogen-bond acceptors (Lipinski definition) is 3. The van der Waals surface area contributed by atoms with Crippen molar-refractivity contribution in [2.75, 3.05) is 26.3 Å². The Morgan fingerprint density at radius 3 is 2.56 bits per heavy atom. The maximum Gasteiger partial charge on any atom is 0.254 e. The van der Waals surface area contributed by atoms with E-state index >= 15 is 0 Å². The summed E-state index contributed by atoms with van der Waals surface area (Å²) in [5.74, 6) is 0.0744. The highest BCUT2D eigenvalue weighted by atomic mass is 28.3. The maximum absolute atomic E-state index is 12.8. The molecule has 0 bridgehead atoms. The molecule has 0 aliphatic carbocycles. The Labute approximate surface area is 150 Å². The Bertz CT molecular complexity index is 754. The second-order valence-corrected chi connectivity index (χ2v) is 11.3. The van der Waals surface area contributed by atoms with Crippen molar-refractivity contribution in [1.82, 2.24) is 4.90 Å². The Morgan fingerprint density at radius 1 is 1.12 bits per heavy atom. The number of morpholine rings is 1. The zero-order valence-corrected chi connectivity index (χ0v) is 15.9. The van der Waals surface area contributed by atoms with Gasteiger partial charge in [-0.3, -0.25) is 4.79 Å². The average Bonchev–Trinajstić information content (AvgIpc) is 2.68. The summed E-state index contributed by atoms with van der Waals surface area (Å²) in [7, 11) is -2.00. The topological polar surface area (TPSA) is 49.8 Å². The largest absolute Gasteiger partial charge is 0.392 e. The van der Waals surface area contributed by atoms with Gasteiger partial charge in [0.2, 0.25) is 0 Å². The van der Waals surface area contributed by atoms with Gasteiger partial charge in [0.25, 0.3) is 5.91 Å². The first kappa shape index (κ1) is 17.9. The summed E-state index contributed by atoms with van der Waals surface area (Å²) in [5.41, 5.74) is 1.71. The SMILES string of the molecule is C[Si](C)(c1cccc(C(=O)N2CCOCC2)c1)c1ccccc1CO. The van der Waals surface area contributed by atoms with Crippen LogP contribution in [0.1, 0.15) is 15.9 Å². The number of nitrogens with zero attached hydrogens (tertiary/aromatic N) is 1. The molecule has 0 atom stereocenters. The van der Waals surface area contributed by atoms with Gasteiger partial charge in [0, 0.05) is 18.7 Å². The third-order valence-corrected chi connectivity index (χ3v) is 8.58. The molecule has 1 aliphatic rings. The van der Waals surface area contributed by atoms with Crippen molar-refractivity contribution in [2.24, 2.45) is 0 Å². The number of rotatable bonds is 4. The van der Waals surface area contributed by atoms with Gasteiger partial charge in [0.15, 0.2) is 0 Å². The van der Waals surface area contributed by atoms with Crippen LogP contribution in [-0.4, -0.2) is 50.3 Å². The minimum Gasteiger partial charge on any atom is -0.392 e. The number of hydrogen-bond donors (Lipinski definition) is 1. The van der Waals surface area contributed by atoms with Crippen LogP contribution in [0.25, 0.3) is 0 Å². The smallest absolute Gasteiger partial charge is 0.254 e. The van der Waals surface area contributed by atoms with Crippen LogP contribution in [0.3, 0.4) is 0 Å². The van der Waals surface area contributed by atoms with Crippen molar-refractivity contribution in [2.45, 2.75) is 19.7 Å². The standard InChI is InChI=1S/C20H25NO3Si/c1-25(2,19-9-4-3-6-17(19)15-22)18-8-5-7-16(14-18)20(23)21-10-12-24-13-11-21/h3-9,14,22H,10-13,15H2,1-2H3. The lowest BCUT2D eigenvalue weighted by molar-refractivity contribution is 0.0303. The summed E-state index contributed by atoms with van der Waals surface area (Å²) in [4.78, 5) is 14.6. The lowest BCUT2D eigenvalue weighted by atomic mass is 10.2. The highest BCUT2D eigenvalue weighted by molar-refractivity contribution is 7.00. The number of amides is 1. The van der Waals surface area contributed by atoms with Gasteiger partial charge in [-0.1, -0.05) is 54.7 Å². The van der Waals surface area contributed by atoms with Crippen molar-refractivity contribution in [3.8, 4) is 0 Å². The van der Waals surface area contributed by atoms with E-state index < -0.39 is 8.07 Å². The molecule has 0 spiro atoms. The van der Waals surface area contributed by atoms with Crippen LogP contribution in [0.15, 0.2) is 48.5 Å². The predicted molar refractivity (Wildman–Crippen MR) is 102 cm³/mol. The minimum atomic E-state index is -2.00. The van der Waals surface area contributed by atoms with Gasteiger partial charge >= 0.3 is 0 Å². The van der Waals surface area contributed by atoms with Crippen molar-refractivity contribution < 1.29 is 14.6 Å². The van der Waals surface area contributed by atoms with Gasteiger partial charge in [-0.25, -0.2) is 0 Å². The van der Waals surface area contributed by atoms with Crippen LogP contribution < -0.4 is 10.4 Å². The quantitative estimate of drug-likeness (QED) is 0.845. The first-order valence-corrected chi connectivity index (χ1v) is 11.7. The monoisotopic (exact) mass is 355 g/mol. The molecule has 25 heavy (non-hydrogen) atoms. The zero-order chi connectivity index (χ0) is 17.9. The van der Waals surface area contributed by atoms with E-state index in [9.17, 15) is 9.90 Å². The van der Waals surface area contributed by atoms with E-state index in [0.717, 1.165) is 11.1 Å². The molecule has 1 N–H and O–H groups in total. The van der Waals surface area contributed by atoms with Gasteiger partial charge in [0.1, 0.15) is 8.07 Å². The maximum atomic E-state index is 12.8. The Morgan fingerprint density at radius 2 is 1.84 bits per heavy atom. The first-order valence-electron chi connectivity index (χ1n) is 8.71. The number of aliphatic hydroxyl groups excluding tert-OH is 1. The second kappa shape index (κ2) is 7.52. The van der Waals surface area contributed by atoms with E-state index in [1.807, 2.05) is 41.3 Å². The predicted octanol–water partition coefficient (Wildman–Crippen LogP) is 1.47. The zero-order valence-electron chi connectivity index (χ0n) is 14.9. The van der Waals surface area contributed by atoms with E-state index in [1.54, 1.807) is 0 Å². The van der Waals surface area contributed by atoms with E-state index in [1.165, 1.54) is 10.4 Å². The van der Waals surface area contributed by atoms with Crippen molar-refractivity contribution in [3.05, 3.63) is 59.7 Å². The third-order valence-electron chi connectivity index (χ3n) is 4.99. The molecular weight excluding hydrogens is 330 g/mol. The minimum absolute atomic E-state index is 0.0407. The molecule has 1 fully saturated rings. The molecule has 132 valence electrons. The molecule has 1 aliphatic heterocycles.